The standard InChI is InChI=1S/C33H38N8O4S/c1-40-17-12-30(39-40)24-46(44,45)31-11-10-29(33(43)35-13-2-3-26-22-37-38-23-26)21-28(31)9-6-25-4-7-27(8-5-25)32(42)36-16-20-41-18-14-34-15-19-41/h4-5,7-8,10-12,17,21-23,34H,2-3,13-16,18-20,24H2,1H3,(H,35,43)(H,36,42)(H,37,38). The molecule has 240 valence electrons. The van der Waals surface area contributed by atoms with E-state index in [9.17, 15) is 18.0 Å². The first-order chi connectivity index (χ1) is 22.3. The minimum absolute atomic E-state index is 0.0163. The molecule has 2 amide bonds. The van der Waals surface area contributed by atoms with Crippen LogP contribution in [0, 0.1) is 11.8 Å². The van der Waals surface area contributed by atoms with Gasteiger partial charge >= 0.3 is 0 Å². The van der Waals surface area contributed by atoms with Crippen LogP contribution in [0.5, 0.6) is 0 Å². The second-order valence-electron chi connectivity index (χ2n) is 11.1. The molecule has 0 saturated carbocycles. The van der Waals surface area contributed by atoms with Crippen LogP contribution in [0.15, 0.2) is 72.0 Å². The van der Waals surface area contributed by atoms with Gasteiger partial charge in [-0.15, -0.1) is 0 Å². The predicted molar refractivity (Wildman–Crippen MR) is 174 cm³/mol. The monoisotopic (exact) mass is 642 g/mol. The number of carbonyl (C=O) groups is 2. The molecular formula is C33H38N8O4S. The maximum absolute atomic E-state index is 13.5. The second kappa shape index (κ2) is 15.5. The maximum atomic E-state index is 13.5. The van der Waals surface area contributed by atoms with Crippen LogP contribution >= 0.6 is 0 Å². The lowest BCUT2D eigenvalue weighted by molar-refractivity contribution is 0.0941. The van der Waals surface area contributed by atoms with Crippen molar-refractivity contribution in [3.05, 3.63) is 101 Å². The SMILES string of the molecule is Cn1ccc(CS(=O)(=O)c2ccc(C(=O)NCCCc3cn[nH]c3)cc2C#Cc2ccc(C(=O)NCCN3CCNCC3)cc2)n1. The number of piperazine rings is 1. The van der Waals surface area contributed by atoms with Crippen molar-refractivity contribution >= 4 is 21.7 Å². The summed E-state index contributed by atoms with van der Waals surface area (Å²) in [6.45, 7) is 5.65. The molecule has 12 nitrogen and oxygen atoms in total. The summed E-state index contributed by atoms with van der Waals surface area (Å²) >= 11 is 0. The summed E-state index contributed by atoms with van der Waals surface area (Å²) in [4.78, 5) is 27.9. The van der Waals surface area contributed by atoms with Gasteiger partial charge in [-0.1, -0.05) is 11.8 Å². The van der Waals surface area contributed by atoms with Gasteiger partial charge in [0.1, 0.15) is 0 Å². The molecule has 13 heteroatoms. The first kappa shape index (κ1) is 32.6. The maximum Gasteiger partial charge on any atom is 0.251 e. The van der Waals surface area contributed by atoms with Gasteiger partial charge < -0.3 is 16.0 Å². The van der Waals surface area contributed by atoms with Crippen molar-refractivity contribution in [1.29, 1.82) is 0 Å². The van der Waals surface area contributed by atoms with Crippen LogP contribution in [-0.2, 0) is 29.1 Å². The third kappa shape index (κ3) is 9.13. The van der Waals surface area contributed by atoms with Crippen LogP contribution in [0.4, 0.5) is 0 Å². The van der Waals surface area contributed by atoms with Crippen LogP contribution in [-0.4, -0.2) is 90.9 Å². The summed E-state index contributed by atoms with van der Waals surface area (Å²) in [5.41, 5.74) is 3.07. The fourth-order valence-electron chi connectivity index (χ4n) is 5.07. The Balaban J connectivity index is 1.29. The number of sulfone groups is 1. The summed E-state index contributed by atoms with van der Waals surface area (Å²) in [5.74, 6) is 5.19. The average Bonchev–Trinajstić information content (AvgIpc) is 3.73. The quantitative estimate of drug-likeness (QED) is 0.134. The van der Waals surface area contributed by atoms with Gasteiger partial charge in [0.15, 0.2) is 9.84 Å². The highest BCUT2D eigenvalue weighted by molar-refractivity contribution is 7.90. The van der Waals surface area contributed by atoms with Gasteiger partial charge in [0.25, 0.3) is 11.8 Å². The van der Waals surface area contributed by atoms with Gasteiger partial charge in [0, 0.05) is 87.5 Å². The van der Waals surface area contributed by atoms with Gasteiger partial charge in [0.2, 0.25) is 0 Å². The number of H-pyrrole nitrogens is 1. The molecule has 0 bridgehead atoms. The van der Waals surface area contributed by atoms with Crippen molar-refractivity contribution in [2.75, 3.05) is 45.8 Å². The van der Waals surface area contributed by atoms with Crippen molar-refractivity contribution in [3.8, 4) is 11.8 Å². The van der Waals surface area contributed by atoms with Crippen molar-refractivity contribution in [3.63, 3.8) is 0 Å². The highest BCUT2D eigenvalue weighted by Crippen LogP contribution is 2.22. The van der Waals surface area contributed by atoms with E-state index in [0.29, 0.717) is 35.5 Å². The van der Waals surface area contributed by atoms with Crippen molar-refractivity contribution in [2.24, 2.45) is 7.05 Å². The van der Waals surface area contributed by atoms with Crippen molar-refractivity contribution < 1.29 is 18.0 Å². The Labute approximate surface area is 268 Å². The highest BCUT2D eigenvalue weighted by Gasteiger charge is 2.22. The van der Waals surface area contributed by atoms with Crippen LogP contribution in [0.25, 0.3) is 0 Å². The minimum Gasteiger partial charge on any atom is -0.352 e. The molecule has 4 N–H and O–H groups in total. The van der Waals surface area contributed by atoms with Gasteiger partial charge in [-0.25, -0.2) is 8.42 Å². The molecule has 46 heavy (non-hydrogen) atoms. The number of aryl methyl sites for hydroxylation is 2. The molecule has 4 aromatic rings. The fraction of sp³-hybridized carbons (Fsp3) is 0.333. The third-order valence-electron chi connectivity index (χ3n) is 7.58. The Morgan fingerprint density at radius 2 is 1.70 bits per heavy atom. The Morgan fingerprint density at radius 3 is 2.41 bits per heavy atom. The lowest BCUT2D eigenvalue weighted by Crippen LogP contribution is -2.46. The molecule has 0 radical (unpaired) electrons. The Bertz CT molecular complexity index is 1800. The Kier molecular flexibility index (Phi) is 11.0. The van der Waals surface area contributed by atoms with E-state index in [0.717, 1.165) is 51.1 Å². The van der Waals surface area contributed by atoms with Crippen molar-refractivity contribution in [2.45, 2.75) is 23.5 Å². The van der Waals surface area contributed by atoms with Crippen LogP contribution in [0.2, 0.25) is 0 Å². The van der Waals surface area contributed by atoms with Crippen LogP contribution in [0.1, 0.15) is 49.5 Å². The molecule has 1 aliphatic heterocycles. The third-order valence-corrected chi connectivity index (χ3v) is 9.28. The average molecular weight is 643 g/mol. The number of benzene rings is 2. The number of hydrogen-bond donors (Lipinski definition) is 4. The topological polar surface area (TPSA) is 154 Å². The van der Waals surface area contributed by atoms with Crippen LogP contribution < -0.4 is 16.0 Å². The lowest BCUT2D eigenvalue weighted by atomic mass is 10.1. The zero-order valence-corrected chi connectivity index (χ0v) is 26.6. The Hall–Kier alpha value is -4.77. The van der Waals surface area contributed by atoms with Crippen LogP contribution in [0.3, 0.4) is 0 Å². The van der Waals surface area contributed by atoms with E-state index in [1.165, 1.54) is 18.2 Å². The summed E-state index contributed by atoms with van der Waals surface area (Å²) < 4.78 is 28.5. The van der Waals surface area contributed by atoms with E-state index in [1.807, 2.05) is 6.20 Å². The number of hydrogen-bond acceptors (Lipinski definition) is 8. The summed E-state index contributed by atoms with van der Waals surface area (Å²) in [6, 6.07) is 12.9. The highest BCUT2D eigenvalue weighted by atomic mass is 32.2. The Morgan fingerprint density at radius 1 is 0.957 bits per heavy atom. The normalized spacial score (nSPS) is 13.5. The van der Waals surface area contributed by atoms with E-state index in [-0.39, 0.29) is 28.0 Å². The number of rotatable bonds is 12. The number of aromatic amines is 1. The van der Waals surface area contributed by atoms with E-state index >= 15 is 0 Å². The van der Waals surface area contributed by atoms with Gasteiger partial charge in [0.05, 0.1) is 22.5 Å². The number of carbonyl (C=O) groups excluding carboxylic acids is 2. The van der Waals surface area contributed by atoms with E-state index < -0.39 is 9.84 Å². The number of nitrogens with one attached hydrogen (secondary N) is 4. The minimum atomic E-state index is -3.84. The molecule has 5 rings (SSSR count). The van der Waals surface area contributed by atoms with Gasteiger partial charge in [-0.05, 0) is 66.9 Å². The molecule has 0 unspecified atom stereocenters. The smallest absolute Gasteiger partial charge is 0.251 e. The van der Waals surface area contributed by atoms with E-state index in [2.05, 4.69) is 48.0 Å². The molecule has 0 spiro atoms. The summed E-state index contributed by atoms with van der Waals surface area (Å²) in [5, 5.41) is 20.1. The molecule has 1 saturated heterocycles. The van der Waals surface area contributed by atoms with Gasteiger partial charge in [-0.3, -0.25) is 24.3 Å². The number of nitrogens with zero attached hydrogens (tertiary/aromatic N) is 4. The van der Waals surface area contributed by atoms with Crippen molar-refractivity contribution in [1.82, 2.24) is 40.8 Å². The van der Waals surface area contributed by atoms with E-state index in [1.54, 1.807) is 54.5 Å². The largest absolute Gasteiger partial charge is 0.352 e. The first-order valence-corrected chi connectivity index (χ1v) is 16.9. The first-order valence-electron chi connectivity index (χ1n) is 15.2. The summed E-state index contributed by atoms with van der Waals surface area (Å²) in [6.07, 6.45) is 6.72. The molecule has 2 aromatic heterocycles. The predicted octanol–water partition coefficient (Wildman–Crippen LogP) is 1.51. The molecule has 0 aliphatic carbocycles. The molecule has 3 heterocycles. The number of amides is 2. The molecular weight excluding hydrogens is 604 g/mol. The lowest BCUT2D eigenvalue weighted by Gasteiger charge is -2.27. The second-order valence-corrected chi connectivity index (χ2v) is 13.0. The fourth-order valence-corrected chi connectivity index (χ4v) is 6.49. The molecule has 2 aromatic carbocycles. The molecule has 1 fully saturated rings. The van der Waals surface area contributed by atoms with E-state index in [4.69, 9.17) is 0 Å². The summed E-state index contributed by atoms with van der Waals surface area (Å²) in [7, 11) is -2.12. The van der Waals surface area contributed by atoms with Gasteiger partial charge in [-0.2, -0.15) is 10.2 Å². The zero-order valence-electron chi connectivity index (χ0n) is 25.8. The molecule has 1 aliphatic rings. The molecule has 0 atom stereocenters. The zero-order chi connectivity index (χ0) is 32.4. The number of aromatic nitrogens is 4.